The highest BCUT2D eigenvalue weighted by atomic mass is 16.5. The minimum atomic E-state index is -0.935. The van der Waals surface area contributed by atoms with Crippen molar-refractivity contribution in [2.75, 3.05) is 0 Å². The minimum absolute atomic E-state index is 0.0633. The molecule has 0 saturated heterocycles. The normalized spacial score (nSPS) is 11.9. The largest absolute Gasteiger partial charge is 0.490 e. The van der Waals surface area contributed by atoms with Gasteiger partial charge in [-0.25, -0.2) is 4.79 Å². The van der Waals surface area contributed by atoms with E-state index in [2.05, 4.69) is 6.92 Å². The van der Waals surface area contributed by atoms with Crippen LogP contribution in [0, 0.1) is 0 Å². The van der Waals surface area contributed by atoms with Crippen molar-refractivity contribution >= 4 is 5.97 Å². The first kappa shape index (κ1) is 18.1. The molecule has 1 atom stereocenters. The van der Waals surface area contributed by atoms with Gasteiger partial charge in [-0.3, -0.25) is 0 Å². The lowest BCUT2D eigenvalue weighted by Gasteiger charge is -2.18. The maximum Gasteiger partial charge on any atom is 0.335 e. The van der Waals surface area contributed by atoms with Gasteiger partial charge < -0.3 is 9.84 Å². The molecule has 24 heavy (non-hydrogen) atoms. The third kappa shape index (κ3) is 5.12. The summed E-state index contributed by atoms with van der Waals surface area (Å²) in [5, 5.41) is 9.25. The van der Waals surface area contributed by atoms with Crippen LogP contribution in [-0.4, -0.2) is 17.2 Å². The Labute approximate surface area is 144 Å². The molecule has 0 fully saturated rings. The number of hydrogen-bond acceptors (Lipinski definition) is 2. The molecule has 0 aromatic heterocycles. The highest BCUT2D eigenvalue weighted by Gasteiger charge is 2.13. The van der Waals surface area contributed by atoms with Crippen LogP contribution >= 0.6 is 0 Å². The average Bonchev–Trinajstić information content (AvgIpc) is 2.59. The highest BCUT2D eigenvalue weighted by Crippen LogP contribution is 2.32. The zero-order chi connectivity index (χ0) is 17.4. The van der Waals surface area contributed by atoms with Gasteiger partial charge in [0.25, 0.3) is 0 Å². The van der Waals surface area contributed by atoms with Crippen LogP contribution in [0.3, 0.4) is 0 Å². The smallest absolute Gasteiger partial charge is 0.335 e. The number of rotatable bonds is 9. The van der Waals surface area contributed by atoms with E-state index >= 15 is 0 Å². The number of hydrogen-bond donors (Lipinski definition) is 1. The van der Waals surface area contributed by atoms with E-state index < -0.39 is 5.97 Å². The summed E-state index contributed by atoms with van der Waals surface area (Å²) in [5.74, 6) is -0.292. The summed E-state index contributed by atoms with van der Waals surface area (Å²) in [5.41, 5.74) is 2.21. The molecule has 128 valence electrons. The van der Waals surface area contributed by atoms with Crippen molar-refractivity contribution in [3.63, 3.8) is 0 Å². The first-order valence-electron chi connectivity index (χ1n) is 8.71. The molecule has 2 rings (SSSR count). The zero-order valence-electron chi connectivity index (χ0n) is 14.5. The van der Waals surface area contributed by atoms with Crippen LogP contribution in [0.25, 0.3) is 11.1 Å². The number of ether oxygens (including phenoxy) is 1. The highest BCUT2D eigenvalue weighted by molar-refractivity contribution is 5.89. The lowest BCUT2D eigenvalue weighted by molar-refractivity contribution is 0.0696. The summed E-state index contributed by atoms with van der Waals surface area (Å²) >= 11 is 0. The first-order valence-corrected chi connectivity index (χ1v) is 8.71. The van der Waals surface area contributed by atoms with E-state index in [4.69, 9.17) is 4.74 Å². The third-order valence-electron chi connectivity index (χ3n) is 4.11. The van der Waals surface area contributed by atoms with Crippen LogP contribution in [0.1, 0.15) is 56.3 Å². The molecule has 0 aliphatic rings. The fraction of sp³-hybridized carbons (Fsp3) is 0.381. The standard InChI is InChI=1S/C21H26O3/c1-3-4-5-7-10-16(2)24-20-15-18(21(22)23)13-14-19(20)17-11-8-6-9-12-17/h6,8-9,11-16H,3-5,7,10H2,1-2H3,(H,22,23). The average molecular weight is 326 g/mol. The quantitative estimate of drug-likeness (QED) is 0.593. The van der Waals surface area contributed by atoms with E-state index in [0.717, 1.165) is 24.0 Å². The van der Waals surface area contributed by atoms with E-state index in [9.17, 15) is 9.90 Å². The summed E-state index contributed by atoms with van der Waals surface area (Å²) in [6.07, 6.45) is 5.85. The van der Waals surface area contributed by atoms with Gasteiger partial charge in [-0.05, 0) is 43.5 Å². The SMILES string of the molecule is CCCCCCC(C)Oc1cc(C(=O)O)ccc1-c1ccccc1. The van der Waals surface area contributed by atoms with E-state index in [0.29, 0.717) is 5.75 Å². The number of benzene rings is 2. The Morgan fingerprint density at radius 1 is 1.08 bits per heavy atom. The van der Waals surface area contributed by atoms with Crippen molar-refractivity contribution in [3.8, 4) is 16.9 Å². The van der Waals surface area contributed by atoms with Crippen LogP contribution in [0.5, 0.6) is 5.75 Å². The number of unbranched alkanes of at least 4 members (excludes halogenated alkanes) is 3. The van der Waals surface area contributed by atoms with E-state index in [1.807, 2.05) is 43.3 Å². The Hall–Kier alpha value is -2.29. The van der Waals surface area contributed by atoms with Crippen molar-refractivity contribution in [2.45, 2.75) is 52.1 Å². The topological polar surface area (TPSA) is 46.5 Å². The molecule has 0 amide bonds. The van der Waals surface area contributed by atoms with Gasteiger partial charge >= 0.3 is 5.97 Å². The fourth-order valence-corrected chi connectivity index (χ4v) is 2.74. The molecule has 0 radical (unpaired) electrons. The summed E-state index contributed by atoms with van der Waals surface area (Å²) in [7, 11) is 0. The molecule has 0 heterocycles. The fourth-order valence-electron chi connectivity index (χ4n) is 2.74. The number of carboxylic acid groups (broad SMARTS) is 1. The Morgan fingerprint density at radius 2 is 1.83 bits per heavy atom. The second-order valence-electron chi connectivity index (χ2n) is 6.16. The molecular formula is C21H26O3. The predicted octanol–water partition coefficient (Wildman–Crippen LogP) is 5.79. The molecule has 0 aliphatic heterocycles. The molecule has 0 saturated carbocycles. The van der Waals surface area contributed by atoms with Crippen molar-refractivity contribution < 1.29 is 14.6 Å². The molecule has 1 unspecified atom stereocenters. The monoisotopic (exact) mass is 326 g/mol. The molecule has 1 N–H and O–H groups in total. The molecule has 2 aromatic carbocycles. The summed E-state index contributed by atoms with van der Waals surface area (Å²) in [6, 6.07) is 15.0. The molecule has 2 aromatic rings. The maximum absolute atomic E-state index is 11.3. The van der Waals surface area contributed by atoms with Crippen molar-refractivity contribution in [3.05, 3.63) is 54.1 Å². The van der Waals surface area contributed by atoms with Crippen molar-refractivity contribution in [1.82, 2.24) is 0 Å². The molecule has 3 heteroatoms. The molecule has 0 bridgehead atoms. The van der Waals surface area contributed by atoms with Gasteiger partial charge in [-0.2, -0.15) is 0 Å². The number of carbonyl (C=O) groups is 1. The second kappa shape index (κ2) is 9.11. The molecule has 0 spiro atoms. The Morgan fingerprint density at radius 3 is 2.50 bits per heavy atom. The van der Waals surface area contributed by atoms with Gasteiger partial charge in [-0.15, -0.1) is 0 Å². The summed E-state index contributed by atoms with van der Waals surface area (Å²) in [4.78, 5) is 11.3. The second-order valence-corrected chi connectivity index (χ2v) is 6.16. The van der Waals surface area contributed by atoms with Gasteiger partial charge in [0, 0.05) is 5.56 Å². The van der Waals surface area contributed by atoms with Crippen molar-refractivity contribution in [2.24, 2.45) is 0 Å². The minimum Gasteiger partial charge on any atom is -0.490 e. The number of carboxylic acids is 1. The van der Waals surface area contributed by atoms with Crippen LogP contribution in [0.2, 0.25) is 0 Å². The number of aromatic carboxylic acids is 1. The van der Waals surface area contributed by atoms with Crippen LogP contribution in [-0.2, 0) is 0 Å². The van der Waals surface area contributed by atoms with Gasteiger partial charge in [0.1, 0.15) is 5.75 Å². The summed E-state index contributed by atoms with van der Waals surface area (Å²) in [6.45, 7) is 4.25. The van der Waals surface area contributed by atoms with Gasteiger partial charge in [0.15, 0.2) is 0 Å². The Bertz CT molecular complexity index is 649. The van der Waals surface area contributed by atoms with E-state index in [1.165, 1.54) is 19.3 Å². The molecule has 0 aliphatic carbocycles. The van der Waals surface area contributed by atoms with E-state index in [-0.39, 0.29) is 11.7 Å². The van der Waals surface area contributed by atoms with E-state index in [1.54, 1.807) is 12.1 Å². The maximum atomic E-state index is 11.3. The predicted molar refractivity (Wildman–Crippen MR) is 97.7 cm³/mol. The van der Waals surface area contributed by atoms with Gasteiger partial charge in [-0.1, -0.05) is 56.5 Å². The zero-order valence-corrected chi connectivity index (χ0v) is 14.5. The first-order chi connectivity index (χ1) is 11.6. The third-order valence-corrected chi connectivity index (χ3v) is 4.11. The van der Waals surface area contributed by atoms with Gasteiger partial charge in [0.2, 0.25) is 0 Å². The van der Waals surface area contributed by atoms with Crippen molar-refractivity contribution in [1.29, 1.82) is 0 Å². The van der Waals surface area contributed by atoms with Crippen LogP contribution < -0.4 is 4.74 Å². The lowest BCUT2D eigenvalue weighted by Crippen LogP contribution is -2.12. The van der Waals surface area contributed by atoms with Crippen LogP contribution in [0.4, 0.5) is 0 Å². The lowest BCUT2D eigenvalue weighted by atomic mass is 10.0. The molecule has 3 nitrogen and oxygen atoms in total. The summed E-state index contributed by atoms with van der Waals surface area (Å²) < 4.78 is 6.11. The van der Waals surface area contributed by atoms with Gasteiger partial charge in [0.05, 0.1) is 11.7 Å². The van der Waals surface area contributed by atoms with Crippen LogP contribution in [0.15, 0.2) is 48.5 Å². The molecular weight excluding hydrogens is 300 g/mol. The Kier molecular flexibility index (Phi) is 6.86. The Balaban J connectivity index is 2.18.